The molecule has 2 aromatic rings. The molecule has 4 rings (SSSR count). The van der Waals surface area contributed by atoms with Crippen LogP contribution in [0, 0.1) is 0 Å². The molecule has 5 nitrogen and oxygen atoms in total. The van der Waals surface area contributed by atoms with Gasteiger partial charge in [0.2, 0.25) is 11.4 Å². The summed E-state index contributed by atoms with van der Waals surface area (Å²) in [6.07, 6.45) is -4.79. The summed E-state index contributed by atoms with van der Waals surface area (Å²) in [7, 11) is 0. The van der Waals surface area contributed by atoms with Crippen LogP contribution < -0.4 is 5.32 Å². The number of carbonyl (C=O) groups excluding carboxylic acids is 3. The second kappa shape index (κ2) is 8.84. The van der Waals surface area contributed by atoms with E-state index in [0.29, 0.717) is 12.0 Å². The molecule has 0 unspecified atom stereocenters. The number of benzene rings is 2. The summed E-state index contributed by atoms with van der Waals surface area (Å²) in [4.78, 5) is 39.9. The van der Waals surface area contributed by atoms with E-state index in [-0.39, 0.29) is 37.9 Å². The van der Waals surface area contributed by atoms with E-state index < -0.39 is 34.9 Å². The highest BCUT2D eigenvalue weighted by molar-refractivity contribution is 6.13. The number of hydrogen-bond acceptors (Lipinski definition) is 3. The van der Waals surface area contributed by atoms with Gasteiger partial charge in [0, 0.05) is 18.5 Å². The van der Waals surface area contributed by atoms with Crippen molar-refractivity contribution < 1.29 is 27.6 Å². The van der Waals surface area contributed by atoms with Crippen LogP contribution in [0.25, 0.3) is 0 Å². The maximum absolute atomic E-state index is 14.6. The Kier molecular flexibility index (Phi) is 6.10. The van der Waals surface area contributed by atoms with Crippen LogP contribution in [-0.4, -0.2) is 34.2 Å². The highest BCUT2D eigenvalue weighted by Gasteiger charge is 2.70. The van der Waals surface area contributed by atoms with Gasteiger partial charge in [0.05, 0.1) is 12.1 Å². The fourth-order valence-electron chi connectivity index (χ4n) is 4.51. The molecule has 1 atom stereocenters. The monoisotopic (exact) mass is 456 g/mol. The Morgan fingerprint density at radius 1 is 0.939 bits per heavy atom. The first kappa shape index (κ1) is 22.8. The van der Waals surface area contributed by atoms with Gasteiger partial charge in [0.25, 0.3) is 5.91 Å². The van der Waals surface area contributed by atoms with Gasteiger partial charge in [0.1, 0.15) is 0 Å². The third-order valence-corrected chi connectivity index (χ3v) is 6.07. The summed E-state index contributed by atoms with van der Waals surface area (Å²) in [5, 5.41) is 1.96. The molecule has 33 heavy (non-hydrogen) atoms. The summed E-state index contributed by atoms with van der Waals surface area (Å²) in [5.41, 5.74) is -2.52. The number of aryl methyl sites for hydroxylation is 1. The van der Waals surface area contributed by atoms with Crippen LogP contribution in [0.2, 0.25) is 0 Å². The normalized spacial score (nSPS) is 20.8. The molecule has 2 aromatic carbocycles. The van der Waals surface area contributed by atoms with Crippen molar-refractivity contribution in [2.45, 2.75) is 50.4 Å². The fraction of sp³-hybridized carbons (Fsp3) is 0.320. The minimum Gasteiger partial charge on any atom is -0.330 e. The SMILES string of the molecule is O=C(CCc1ccccc1)N[C@@]1(C(F)(F)F)C(=O)N(Cc2ccccc2)C2=C1C(=O)CCC2. The average molecular weight is 456 g/mol. The van der Waals surface area contributed by atoms with Gasteiger partial charge in [-0.05, 0) is 30.4 Å². The number of allylic oxidation sites excluding steroid dienone is 1. The van der Waals surface area contributed by atoms with Crippen molar-refractivity contribution in [1.82, 2.24) is 10.2 Å². The maximum Gasteiger partial charge on any atom is 0.425 e. The minimum absolute atomic E-state index is 0.0563. The number of Topliss-reactive ketones (excluding diaryl/α,β-unsaturated/α-hetero) is 1. The van der Waals surface area contributed by atoms with Gasteiger partial charge in [-0.3, -0.25) is 14.4 Å². The van der Waals surface area contributed by atoms with E-state index in [1.54, 1.807) is 60.7 Å². The van der Waals surface area contributed by atoms with Crippen molar-refractivity contribution in [3.63, 3.8) is 0 Å². The number of nitrogens with zero attached hydrogens (tertiary/aromatic N) is 1. The standard InChI is InChI=1S/C25H23F3N2O3/c26-25(27,28)24(29-21(32)15-14-17-8-3-1-4-9-17)22-19(12-7-13-20(22)31)30(23(24)33)16-18-10-5-2-6-11-18/h1-6,8-11H,7,12-16H2,(H,29,32)/t24-/m1/s1. The molecule has 0 bridgehead atoms. The Labute approximate surface area is 189 Å². The molecule has 0 saturated carbocycles. The number of nitrogens with one attached hydrogen (secondary N) is 1. The third kappa shape index (κ3) is 4.17. The zero-order valence-electron chi connectivity index (χ0n) is 17.8. The Morgan fingerprint density at radius 2 is 1.55 bits per heavy atom. The zero-order valence-corrected chi connectivity index (χ0v) is 17.8. The average Bonchev–Trinajstić information content (AvgIpc) is 3.03. The summed E-state index contributed by atoms with van der Waals surface area (Å²) in [6.45, 7) is -0.108. The number of carbonyl (C=O) groups is 3. The van der Waals surface area contributed by atoms with Crippen LogP contribution in [0.1, 0.15) is 36.8 Å². The van der Waals surface area contributed by atoms with Gasteiger partial charge >= 0.3 is 6.18 Å². The van der Waals surface area contributed by atoms with Crippen molar-refractivity contribution in [3.8, 4) is 0 Å². The van der Waals surface area contributed by atoms with E-state index in [2.05, 4.69) is 0 Å². The minimum atomic E-state index is -5.18. The molecule has 0 spiro atoms. The molecule has 0 fully saturated rings. The van der Waals surface area contributed by atoms with Crippen molar-refractivity contribution in [3.05, 3.63) is 83.1 Å². The van der Waals surface area contributed by atoms with Crippen LogP contribution in [0.4, 0.5) is 13.2 Å². The van der Waals surface area contributed by atoms with Crippen LogP contribution in [-0.2, 0) is 27.3 Å². The van der Waals surface area contributed by atoms with E-state index >= 15 is 0 Å². The van der Waals surface area contributed by atoms with E-state index in [0.717, 1.165) is 10.5 Å². The smallest absolute Gasteiger partial charge is 0.330 e. The van der Waals surface area contributed by atoms with Gasteiger partial charge in [-0.25, -0.2) is 0 Å². The molecule has 2 aliphatic rings. The summed E-state index contributed by atoms with van der Waals surface area (Å²) >= 11 is 0. The van der Waals surface area contributed by atoms with Crippen molar-refractivity contribution in [2.75, 3.05) is 0 Å². The van der Waals surface area contributed by atoms with E-state index in [9.17, 15) is 27.6 Å². The summed E-state index contributed by atoms with van der Waals surface area (Å²) in [6, 6.07) is 17.5. The molecule has 1 heterocycles. The molecule has 1 aliphatic heterocycles. The van der Waals surface area contributed by atoms with Crippen LogP contribution in [0.3, 0.4) is 0 Å². The highest BCUT2D eigenvalue weighted by atomic mass is 19.4. The molecular formula is C25H23F3N2O3. The molecule has 8 heteroatoms. The van der Waals surface area contributed by atoms with Crippen LogP contribution in [0.15, 0.2) is 71.9 Å². The third-order valence-electron chi connectivity index (χ3n) is 6.07. The number of alkyl halides is 3. The molecule has 0 saturated heterocycles. The lowest BCUT2D eigenvalue weighted by atomic mass is 9.82. The molecule has 172 valence electrons. The molecule has 0 radical (unpaired) electrons. The molecular weight excluding hydrogens is 433 g/mol. The Morgan fingerprint density at radius 3 is 2.15 bits per heavy atom. The molecule has 2 amide bonds. The Hall–Kier alpha value is -3.42. The first-order valence-corrected chi connectivity index (χ1v) is 10.8. The van der Waals surface area contributed by atoms with Gasteiger partial charge in [-0.2, -0.15) is 13.2 Å². The predicted molar refractivity (Wildman–Crippen MR) is 115 cm³/mol. The quantitative estimate of drug-likeness (QED) is 0.712. The first-order chi connectivity index (χ1) is 15.7. The van der Waals surface area contributed by atoms with Gasteiger partial charge in [-0.1, -0.05) is 60.7 Å². The van der Waals surface area contributed by atoms with Gasteiger partial charge in [0.15, 0.2) is 5.78 Å². The van der Waals surface area contributed by atoms with Crippen LogP contribution in [0.5, 0.6) is 0 Å². The number of amides is 2. The maximum atomic E-state index is 14.6. The lowest BCUT2D eigenvalue weighted by Gasteiger charge is -2.33. The summed E-state index contributed by atoms with van der Waals surface area (Å²) in [5.74, 6) is -3.01. The van der Waals surface area contributed by atoms with E-state index in [4.69, 9.17) is 0 Å². The predicted octanol–water partition coefficient (Wildman–Crippen LogP) is 4.09. The summed E-state index contributed by atoms with van der Waals surface area (Å²) < 4.78 is 43.8. The van der Waals surface area contributed by atoms with E-state index in [1.807, 2.05) is 5.32 Å². The van der Waals surface area contributed by atoms with Gasteiger partial charge in [-0.15, -0.1) is 0 Å². The second-order valence-electron chi connectivity index (χ2n) is 8.26. The Balaban J connectivity index is 1.69. The number of hydrogen-bond donors (Lipinski definition) is 1. The molecule has 0 aromatic heterocycles. The van der Waals surface area contributed by atoms with E-state index in [1.165, 1.54) is 0 Å². The zero-order chi connectivity index (χ0) is 23.6. The number of ketones is 1. The molecule has 1 aliphatic carbocycles. The van der Waals surface area contributed by atoms with Gasteiger partial charge < -0.3 is 10.2 Å². The molecule has 1 N–H and O–H groups in total. The second-order valence-corrected chi connectivity index (χ2v) is 8.26. The fourth-order valence-corrected chi connectivity index (χ4v) is 4.51. The first-order valence-electron chi connectivity index (χ1n) is 10.8. The Bertz CT molecular complexity index is 1100. The van der Waals surface area contributed by atoms with Crippen molar-refractivity contribution in [1.29, 1.82) is 0 Å². The number of rotatable bonds is 6. The van der Waals surface area contributed by atoms with Crippen molar-refractivity contribution >= 4 is 17.6 Å². The lowest BCUT2D eigenvalue weighted by Crippen LogP contribution is -2.66. The van der Waals surface area contributed by atoms with Crippen LogP contribution >= 0.6 is 0 Å². The van der Waals surface area contributed by atoms with Crippen molar-refractivity contribution in [2.24, 2.45) is 0 Å². The number of halogens is 3. The largest absolute Gasteiger partial charge is 0.425 e. The lowest BCUT2D eigenvalue weighted by molar-refractivity contribution is -0.194. The highest BCUT2D eigenvalue weighted by Crippen LogP contribution is 2.48. The topological polar surface area (TPSA) is 66.5 Å².